The van der Waals surface area contributed by atoms with Gasteiger partial charge in [-0.25, -0.2) is 0 Å². The SMILES string of the molecule is C=C1C(=O)C(N)=C1N1Cc2cc(CN)ccc2C(F)(F)C1. The van der Waals surface area contributed by atoms with E-state index in [4.69, 9.17) is 11.5 Å². The zero-order valence-corrected chi connectivity index (χ0v) is 11.3. The van der Waals surface area contributed by atoms with E-state index >= 15 is 0 Å². The van der Waals surface area contributed by atoms with Crippen molar-refractivity contribution in [3.05, 3.63) is 58.4 Å². The summed E-state index contributed by atoms with van der Waals surface area (Å²) in [5.74, 6) is -3.37. The lowest BCUT2D eigenvalue weighted by Crippen LogP contribution is -2.45. The second-order valence-corrected chi connectivity index (χ2v) is 5.33. The number of hydrogen-bond acceptors (Lipinski definition) is 4. The van der Waals surface area contributed by atoms with Crippen molar-refractivity contribution in [3.63, 3.8) is 0 Å². The highest BCUT2D eigenvalue weighted by Crippen LogP contribution is 2.41. The Balaban J connectivity index is 2.03. The molecule has 0 unspecified atom stereocenters. The van der Waals surface area contributed by atoms with Gasteiger partial charge in [0, 0.05) is 24.2 Å². The van der Waals surface area contributed by atoms with E-state index in [1.54, 1.807) is 12.1 Å². The number of carbonyl (C=O) groups is 1. The van der Waals surface area contributed by atoms with Crippen LogP contribution in [0.3, 0.4) is 0 Å². The average Bonchev–Trinajstić information content (AvgIpc) is 2.45. The molecule has 2 aliphatic rings. The van der Waals surface area contributed by atoms with E-state index < -0.39 is 12.5 Å². The highest BCUT2D eigenvalue weighted by Gasteiger charge is 2.44. The van der Waals surface area contributed by atoms with Gasteiger partial charge in [0.1, 0.15) is 5.70 Å². The minimum atomic E-state index is -3.01. The fourth-order valence-electron chi connectivity index (χ4n) is 2.85. The lowest BCUT2D eigenvalue weighted by atomic mass is 9.88. The second-order valence-electron chi connectivity index (χ2n) is 5.33. The van der Waals surface area contributed by atoms with Crippen molar-refractivity contribution in [1.29, 1.82) is 0 Å². The van der Waals surface area contributed by atoms with Gasteiger partial charge in [0.15, 0.2) is 0 Å². The third-order valence-electron chi connectivity index (χ3n) is 3.93. The summed E-state index contributed by atoms with van der Waals surface area (Å²) in [6.45, 7) is 3.63. The number of carbonyl (C=O) groups excluding carboxylic acids is 1. The molecule has 0 aromatic heterocycles. The number of allylic oxidation sites excluding steroid dienone is 2. The fourth-order valence-corrected chi connectivity index (χ4v) is 2.85. The van der Waals surface area contributed by atoms with Crippen molar-refractivity contribution in [2.45, 2.75) is 19.0 Å². The molecule has 0 amide bonds. The molecule has 0 radical (unpaired) electrons. The first-order valence-corrected chi connectivity index (χ1v) is 6.54. The van der Waals surface area contributed by atoms with Crippen LogP contribution in [-0.2, 0) is 23.8 Å². The van der Waals surface area contributed by atoms with Crippen molar-refractivity contribution in [3.8, 4) is 0 Å². The number of nitrogens with zero attached hydrogens (tertiary/aromatic N) is 1. The Morgan fingerprint density at radius 2 is 2.10 bits per heavy atom. The van der Waals surface area contributed by atoms with Crippen LogP contribution in [0, 0.1) is 0 Å². The predicted molar refractivity (Wildman–Crippen MR) is 74.0 cm³/mol. The summed E-state index contributed by atoms with van der Waals surface area (Å²) in [5, 5.41) is 0. The maximum atomic E-state index is 14.3. The van der Waals surface area contributed by atoms with Gasteiger partial charge in [0.05, 0.1) is 12.2 Å². The molecule has 0 bridgehead atoms. The summed E-state index contributed by atoms with van der Waals surface area (Å²) in [6, 6.07) is 4.71. The average molecular weight is 291 g/mol. The summed E-state index contributed by atoms with van der Waals surface area (Å²) >= 11 is 0. The molecule has 1 aromatic carbocycles. The van der Waals surface area contributed by atoms with Crippen LogP contribution in [0.5, 0.6) is 0 Å². The Bertz CT molecular complexity index is 694. The van der Waals surface area contributed by atoms with Gasteiger partial charge in [-0.05, 0) is 11.1 Å². The number of benzene rings is 1. The van der Waals surface area contributed by atoms with E-state index in [1.807, 2.05) is 0 Å². The van der Waals surface area contributed by atoms with Crippen LogP contribution in [-0.4, -0.2) is 17.2 Å². The van der Waals surface area contributed by atoms with Crippen molar-refractivity contribution in [1.82, 2.24) is 4.90 Å². The van der Waals surface area contributed by atoms with Gasteiger partial charge in [-0.3, -0.25) is 4.79 Å². The number of hydrogen-bond donors (Lipinski definition) is 2. The molecular formula is C15H15F2N3O. The number of Topliss-reactive ketones (excluding diaryl/α,β-unsaturated/α-hetero) is 1. The van der Waals surface area contributed by atoms with E-state index in [2.05, 4.69) is 6.58 Å². The quantitative estimate of drug-likeness (QED) is 0.807. The molecule has 4 N–H and O–H groups in total. The van der Waals surface area contributed by atoms with Crippen molar-refractivity contribution in [2.75, 3.05) is 6.54 Å². The number of ketones is 1. The molecule has 4 nitrogen and oxygen atoms in total. The third kappa shape index (κ3) is 1.94. The van der Waals surface area contributed by atoms with Gasteiger partial charge in [-0.1, -0.05) is 24.8 Å². The van der Waals surface area contributed by atoms with E-state index in [9.17, 15) is 13.6 Å². The summed E-state index contributed by atoms with van der Waals surface area (Å²) < 4.78 is 28.6. The summed E-state index contributed by atoms with van der Waals surface area (Å²) in [6.07, 6.45) is 0. The topological polar surface area (TPSA) is 72.4 Å². The largest absolute Gasteiger partial charge is 0.394 e. The maximum Gasteiger partial charge on any atom is 0.290 e. The smallest absolute Gasteiger partial charge is 0.290 e. The van der Waals surface area contributed by atoms with Crippen LogP contribution >= 0.6 is 0 Å². The maximum absolute atomic E-state index is 14.3. The Hall–Kier alpha value is -2.21. The zero-order chi connectivity index (χ0) is 15.4. The Morgan fingerprint density at radius 3 is 2.71 bits per heavy atom. The molecule has 1 heterocycles. The lowest BCUT2D eigenvalue weighted by molar-refractivity contribution is -0.114. The first kappa shape index (κ1) is 13.8. The molecule has 0 saturated carbocycles. The van der Waals surface area contributed by atoms with Crippen LogP contribution in [0.4, 0.5) is 8.78 Å². The van der Waals surface area contributed by atoms with Gasteiger partial charge in [-0.2, -0.15) is 8.78 Å². The molecule has 3 rings (SSSR count). The monoisotopic (exact) mass is 291 g/mol. The Morgan fingerprint density at radius 1 is 1.38 bits per heavy atom. The molecule has 0 spiro atoms. The number of nitrogens with two attached hydrogens (primary N) is 2. The number of rotatable bonds is 2. The molecule has 110 valence electrons. The Kier molecular flexibility index (Phi) is 2.88. The number of halogens is 2. The fraction of sp³-hybridized carbons (Fsp3) is 0.267. The van der Waals surface area contributed by atoms with E-state index in [0.29, 0.717) is 11.3 Å². The summed E-state index contributed by atoms with van der Waals surface area (Å²) in [4.78, 5) is 12.8. The minimum Gasteiger partial charge on any atom is -0.394 e. The van der Waals surface area contributed by atoms with Gasteiger partial charge >= 0.3 is 0 Å². The van der Waals surface area contributed by atoms with Crippen molar-refractivity contribution < 1.29 is 13.6 Å². The number of alkyl halides is 2. The molecule has 6 heteroatoms. The van der Waals surface area contributed by atoms with Crippen LogP contribution in [0.25, 0.3) is 0 Å². The first-order valence-electron chi connectivity index (χ1n) is 6.54. The lowest BCUT2D eigenvalue weighted by Gasteiger charge is -2.40. The molecule has 1 aliphatic heterocycles. The van der Waals surface area contributed by atoms with E-state index in [1.165, 1.54) is 11.0 Å². The normalized spacial score (nSPS) is 20.4. The molecule has 1 aliphatic carbocycles. The van der Waals surface area contributed by atoms with Gasteiger partial charge in [0.25, 0.3) is 5.92 Å². The molecular weight excluding hydrogens is 276 g/mol. The van der Waals surface area contributed by atoms with Gasteiger partial charge in [-0.15, -0.1) is 0 Å². The predicted octanol–water partition coefficient (Wildman–Crippen LogP) is 1.36. The second kappa shape index (κ2) is 4.39. The summed E-state index contributed by atoms with van der Waals surface area (Å²) in [7, 11) is 0. The first-order chi connectivity index (χ1) is 9.85. The van der Waals surface area contributed by atoms with Crippen LogP contribution in [0.2, 0.25) is 0 Å². The minimum absolute atomic E-state index is 0.00591. The summed E-state index contributed by atoms with van der Waals surface area (Å²) in [5.41, 5.74) is 13.0. The van der Waals surface area contributed by atoms with Crippen molar-refractivity contribution in [2.24, 2.45) is 11.5 Å². The zero-order valence-electron chi connectivity index (χ0n) is 11.3. The van der Waals surface area contributed by atoms with Crippen LogP contribution in [0.1, 0.15) is 16.7 Å². The van der Waals surface area contributed by atoms with Gasteiger partial charge in [0.2, 0.25) is 5.78 Å². The molecule has 0 saturated heterocycles. The van der Waals surface area contributed by atoms with Gasteiger partial charge < -0.3 is 16.4 Å². The third-order valence-corrected chi connectivity index (χ3v) is 3.93. The highest BCUT2D eigenvalue weighted by atomic mass is 19.3. The Labute approximate surface area is 120 Å². The molecule has 1 aromatic rings. The highest BCUT2D eigenvalue weighted by molar-refractivity contribution is 6.18. The van der Waals surface area contributed by atoms with E-state index in [0.717, 1.165) is 5.56 Å². The number of fused-ring (bicyclic) bond motifs is 1. The van der Waals surface area contributed by atoms with Crippen molar-refractivity contribution >= 4 is 5.78 Å². The molecule has 0 atom stereocenters. The molecule has 21 heavy (non-hydrogen) atoms. The molecule has 0 fully saturated rings. The van der Waals surface area contributed by atoms with Crippen LogP contribution < -0.4 is 11.5 Å². The van der Waals surface area contributed by atoms with Crippen LogP contribution in [0.15, 0.2) is 41.7 Å². The van der Waals surface area contributed by atoms with E-state index in [-0.39, 0.29) is 35.7 Å². The standard InChI is InChI=1S/C15H15F2N3O/c1-8-13(12(19)14(8)21)20-6-10-4-9(5-18)2-3-11(10)15(16,17)7-20/h2-4H,1,5-7,18-19H2.